The summed E-state index contributed by atoms with van der Waals surface area (Å²) >= 11 is 0. The largest absolute Gasteiger partial charge is 0.350 e. The highest BCUT2D eigenvalue weighted by Crippen LogP contribution is 2.28. The highest BCUT2D eigenvalue weighted by molar-refractivity contribution is 5.57. The fourth-order valence-electron chi connectivity index (χ4n) is 2.28. The van der Waals surface area contributed by atoms with Crippen molar-refractivity contribution in [3.63, 3.8) is 0 Å². The molecule has 1 atom stereocenters. The molecule has 2 rings (SSSR count). The van der Waals surface area contributed by atoms with E-state index in [0.717, 1.165) is 25.8 Å². The fourth-order valence-corrected chi connectivity index (χ4v) is 2.28. The molecule has 0 radical (unpaired) electrons. The van der Waals surface area contributed by atoms with Crippen LogP contribution in [-0.2, 0) is 7.05 Å². The van der Waals surface area contributed by atoms with Crippen molar-refractivity contribution in [2.45, 2.75) is 25.3 Å². The molecule has 1 aliphatic rings. The summed E-state index contributed by atoms with van der Waals surface area (Å²) < 4.78 is 1.55. The molecule has 1 aromatic rings. The van der Waals surface area contributed by atoms with Crippen LogP contribution in [0.15, 0.2) is 6.20 Å². The lowest BCUT2D eigenvalue weighted by molar-refractivity contribution is -0.384. The molecule has 0 amide bonds. The third-order valence-electron chi connectivity index (χ3n) is 3.09. The zero-order chi connectivity index (χ0) is 12.4. The van der Waals surface area contributed by atoms with Gasteiger partial charge in [-0.2, -0.15) is 5.10 Å². The van der Waals surface area contributed by atoms with Gasteiger partial charge in [0.1, 0.15) is 6.20 Å². The molecule has 7 nitrogen and oxygen atoms in total. The van der Waals surface area contributed by atoms with Crippen molar-refractivity contribution in [3.8, 4) is 0 Å². The highest BCUT2D eigenvalue weighted by Gasteiger charge is 2.26. The summed E-state index contributed by atoms with van der Waals surface area (Å²) in [5.74, 6) is 0.562. The van der Waals surface area contributed by atoms with Crippen LogP contribution in [-0.4, -0.2) is 33.8 Å². The zero-order valence-electron chi connectivity index (χ0n) is 9.87. The second kappa shape index (κ2) is 4.70. The predicted molar refractivity (Wildman–Crippen MR) is 63.9 cm³/mol. The van der Waals surface area contributed by atoms with Crippen molar-refractivity contribution in [1.29, 1.82) is 0 Å². The SMILES string of the molecule is Cn1ncc([N+](=O)[O-])c1N1CCCC[C@H](N)C1. The molecule has 1 aliphatic heterocycles. The Balaban J connectivity index is 2.31. The number of nitrogens with zero attached hydrogens (tertiary/aromatic N) is 4. The summed E-state index contributed by atoms with van der Waals surface area (Å²) in [5.41, 5.74) is 6.02. The minimum atomic E-state index is -0.390. The van der Waals surface area contributed by atoms with E-state index in [4.69, 9.17) is 5.73 Å². The Bertz CT molecular complexity index is 417. The molecule has 17 heavy (non-hydrogen) atoms. The van der Waals surface area contributed by atoms with E-state index in [1.165, 1.54) is 6.20 Å². The number of rotatable bonds is 2. The van der Waals surface area contributed by atoms with Crippen LogP contribution in [0.4, 0.5) is 11.5 Å². The Morgan fingerprint density at radius 2 is 2.35 bits per heavy atom. The first-order valence-electron chi connectivity index (χ1n) is 5.76. The minimum Gasteiger partial charge on any atom is -0.350 e. The number of aryl methyl sites for hydroxylation is 1. The normalized spacial score (nSPS) is 21.3. The molecule has 94 valence electrons. The zero-order valence-corrected chi connectivity index (χ0v) is 9.87. The summed E-state index contributed by atoms with van der Waals surface area (Å²) in [6.07, 6.45) is 4.35. The van der Waals surface area contributed by atoms with Crippen molar-refractivity contribution < 1.29 is 4.92 Å². The Labute approximate surface area is 99.3 Å². The molecule has 0 unspecified atom stereocenters. The van der Waals surface area contributed by atoms with Crippen molar-refractivity contribution in [2.24, 2.45) is 12.8 Å². The summed E-state index contributed by atoms with van der Waals surface area (Å²) in [4.78, 5) is 12.5. The van der Waals surface area contributed by atoms with Crippen LogP contribution in [0.25, 0.3) is 0 Å². The first kappa shape index (κ1) is 11.8. The van der Waals surface area contributed by atoms with Crippen LogP contribution >= 0.6 is 0 Å². The summed E-state index contributed by atoms with van der Waals surface area (Å²) in [6.45, 7) is 1.45. The molecule has 2 heterocycles. The van der Waals surface area contributed by atoms with Crippen molar-refractivity contribution in [1.82, 2.24) is 9.78 Å². The Hall–Kier alpha value is -1.63. The van der Waals surface area contributed by atoms with Gasteiger partial charge >= 0.3 is 5.69 Å². The molecule has 7 heteroatoms. The quantitative estimate of drug-likeness (QED) is 0.604. The lowest BCUT2D eigenvalue weighted by atomic mass is 10.2. The molecular weight excluding hydrogens is 222 g/mol. The minimum absolute atomic E-state index is 0.0570. The van der Waals surface area contributed by atoms with Crippen molar-refractivity contribution in [3.05, 3.63) is 16.3 Å². The average Bonchev–Trinajstić information content (AvgIpc) is 2.52. The monoisotopic (exact) mass is 239 g/mol. The van der Waals surface area contributed by atoms with E-state index in [-0.39, 0.29) is 11.7 Å². The van der Waals surface area contributed by atoms with Gasteiger partial charge in [-0.3, -0.25) is 10.1 Å². The third-order valence-corrected chi connectivity index (χ3v) is 3.09. The van der Waals surface area contributed by atoms with Gasteiger partial charge in [-0.25, -0.2) is 4.68 Å². The predicted octanol–water partition coefficient (Wildman–Crippen LogP) is 0.646. The van der Waals surface area contributed by atoms with Crippen LogP contribution in [0, 0.1) is 10.1 Å². The van der Waals surface area contributed by atoms with Crippen LogP contribution in [0.1, 0.15) is 19.3 Å². The maximum atomic E-state index is 10.9. The fraction of sp³-hybridized carbons (Fsp3) is 0.700. The van der Waals surface area contributed by atoms with Gasteiger partial charge in [0, 0.05) is 26.2 Å². The standard InChI is InChI=1S/C10H17N5O2/c1-13-10(9(6-12-13)15(16)17)14-5-3-2-4-8(11)7-14/h6,8H,2-5,7,11H2,1H3/t8-/m0/s1. The Morgan fingerprint density at radius 1 is 1.59 bits per heavy atom. The van der Waals surface area contributed by atoms with E-state index in [1.807, 2.05) is 4.90 Å². The molecule has 2 N–H and O–H groups in total. The Kier molecular flexibility index (Phi) is 3.28. The molecule has 0 spiro atoms. The summed E-state index contributed by atoms with van der Waals surface area (Å²) in [7, 11) is 1.72. The highest BCUT2D eigenvalue weighted by atomic mass is 16.6. The van der Waals surface area contributed by atoms with Gasteiger partial charge in [0.2, 0.25) is 5.82 Å². The molecule has 1 aromatic heterocycles. The molecule has 0 aromatic carbocycles. The van der Waals surface area contributed by atoms with Crippen LogP contribution in [0.2, 0.25) is 0 Å². The van der Waals surface area contributed by atoms with E-state index in [0.29, 0.717) is 12.4 Å². The van der Waals surface area contributed by atoms with E-state index >= 15 is 0 Å². The third kappa shape index (κ3) is 2.38. The van der Waals surface area contributed by atoms with E-state index in [2.05, 4.69) is 5.10 Å². The lowest BCUT2D eigenvalue weighted by Crippen LogP contribution is -2.37. The maximum absolute atomic E-state index is 10.9. The average molecular weight is 239 g/mol. The van der Waals surface area contributed by atoms with Gasteiger partial charge in [0.25, 0.3) is 0 Å². The number of hydrogen-bond donors (Lipinski definition) is 1. The lowest BCUT2D eigenvalue weighted by Gasteiger charge is -2.23. The van der Waals surface area contributed by atoms with Crippen LogP contribution in [0.5, 0.6) is 0 Å². The second-order valence-electron chi connectivity index (χ2n) is 4.44. The summed E-state index contributed by atoms with van der Waals surface area (Å²) in [5, 5.41) is 14.9. The van der Waals surface area contributed by atoms with Gasteiger partial charge in [-0.05, 0) is 12.8 Å². The number of nitro groups is 1. The first-order chi connectivity index (χ1) is 8.09. The number of aromatic nitrogens is 2. The Morgan fingerprint density at radius 3 is 3.06 bits per heavy atom. The number of nitrogens with two attached hydrogens (primary N) is 1. The smallest absolute Gasteiger partial charge is 0.331 e. The number of hydrogen-bond acceptors (Lipinski definition) is 5. The van der Waals surface area contributed by atoms with Crippen molar-refractivity contribution >= 4 is 11.5 Å². The number of anilines is 1. The molecule has 1 fully saturated rings. The van der Waals surface area contributed by atoms with Crippen LogP contribution in [0.3, 0.4) is 0 Å². The maximum Gasteiger partial charge on any atom is 0.331 e. The van der Waals surface area contributed by atoms with E-state index < -0.39 is 4.92 Å². The molecule has 0 aliphatic carbocycles. The van der Waals surface area contributed by atoms with Crippen LogP contribution < -0.4 is 10.6 Å². The van der Waals surface area contributed by atoms with Gasteiger partial charge in [-0.15, -0.1) is 0 Å². The second-order valence-corrected chi connectivity index (χ2v) is 4.44. The van der Waals surface area contributed by atoms with Gasteiger partial charge in [-0.1, -0.05) is 6.42 Å². The van der Waals surface area contributed by atoms with E-state index in [9.17, 15) is 10.1 Å². The first-order valence-corrected chi connectivity index (χ1v) is 5.76. The molecular formula is C10H17N5O2. The van der Waals surface area contributed by atoms with E-state index in [1.54, 1.807) is 11.7 Å². The van der Waals surface area contributed by atoms with Crippen molar-refractivity contribution in [2.75, 3.05) is 18.0 Å². The van der Waals surface area contributed by atoms with Gasteiger partial charge in [0.05, 0.1) is 4.92 Å². The summed E-state index contributed by atoms with van der Waals surface area (Å²) in [6, 6.07) is 0.0759. The van der Waals surface area contributed by atoms with Gasteiger partial charge < -0.3 is 10.6 Å². The topological polar surface area (TPSA) is 90.2 Å². The van der Waals surface area contributed by atoms with Gasteiger partial charge in [0.15, 0.2) is 0 Å². The molecule has 1 saturated heterocycles. The molecule has 0 bridgehead atoms. The molecule has 0 saturated carbocycles.